The van der Waals surface area contributed by atoms with Crippen molar-refractivity contribution in [2.24, 2.45) is 0 Å². The van der Waals surface area contributed by atoms with Crippen LogP contribution in [0.25, 0.3) is 11.1 Å². The zero-order valence-corrected chi connectivity index (χ0v) is 14.2. The average Bonchev–Trinajstić information content (AvgIpc) is 3.14. The molecule has 0 aromatic heterocycles. The van der Waals surface area contributed by atoms with E-state index in [1.807, 2.05) is 24.3 Å². The van der Waals surface area contributed by atoms with E-state index in [-0.39, 0.29) is 11.7 Å². The molecule has 3 rings (SSSR count). The van der Waals surface area contributed by atoms with E-state index in [2.05, 4.69) is 0 Å². The molecule has 6 heteroatoms. The van der Waals surface area contributed by atoms with Crippen LogP contribution in [0.1, 0.15) is 16.8 Å². The second-order valence-electron chi connectivity index (χ2n) is 5.69. The summed E-state index contributed by atoms with van der Waals surface area (Å²) in [6.45, 7) is 1.32. The van der Waals surface area contributed by atoms with Crippen molar-refractivity contribution in [3.05, 3.63) is 42.0 Å². The number of ether oxygens (including phenoxy) is 4. The first-order chi connectivity index (χ1) is 12.1. The average molecular weight is 344 g/mol. The van der Waals surface area contributed by atoms with Crippen LogP contribution in [-0.4, -0.2) is 44.6 Å². The number of hydrogen-bond acceptors (Lipinski definition) is 5. The normalized spacial score (nSPS) is 16.5. The molecule has 132 valence electrons. The van der Waals surface area contributed by atoms with Gasteiger partial charge in [0.2, 0.25) is 0 Å². The van der Waals surface area contributed by atoms with E-state index in [4.69, 9.17) is 18.9 Å². The first kappa shape index (κ1) is 17.1. The molecular formula is C19H20O6. The largest absolute Gasteiger partial charge is 0.493 e. The van der Waals surface area contributed by atoms with Crippen molar-refractivity contribution in [1.29, 1.82) is 0 Å². The Morgan fingerprint density at radius 1 is 1.12 bits per heavy atom. The van der Waals surface area contributed by atoms with Gasteiger partial charge in [-0.25, -0.2) is 4.79 Å². The van der Waals surface area contributed by atoms with Gasteiger partial charge in [-0.1, -0.05) is 12.1 Å². The van der Waals surface area contributed by atoms with Crippen molar-refractivity contribution in [3.8, 4) is 28.4 Å². The molecule has 0 aliphatic carbocycles. The lowest BCUT2D eigenvalue weighted by Crippen LogP contribution is -2.15. The molecule has 1 heterocycles. The SMILES string of the molecule is COc1cc(C(=O)O)c(-c2ccc(OC3CCOC3)cc2)cc1OC. The van der Waals surface area contributed by atoms with Gasteiger partial charge in [0.05, 0.1) is 33.0 Å². The molecule has 0 radical (unpaired) electrons. The second kappa shape index (κ2) is 7.44. The molecule has 1 aliphatic rings. The molecule has 1 N–H and O–H groups in total. The number of carboxylic acid groups (broad SMARTS) is 1. The van der Waals surface area contributed by atoms with Crippen LogP contribution in [0.4, 0.5) is 0 Å². The highest BCUT2D eigenvalue weighted by molar-refractivity contribution is 5.97. The zero-order chi connectivity index (χ0) is 17.8. The topological polar surface area (TPSA) is 74.2 Å². The van der Waals surface area contributed by atoms with Crippen LogP contribution >= 0.6 is 0 Å². The Bertz CT molecular complexity index is 747. The van der Waals surface area contributed by atoms with Crippen LogP contribution in [-0.2, 0) is 4.74 Å². The Balaban J connectivity index is 1.93. The molecule has 1 unspecified atom stereocenters. The predicted octanol–water partition coefficient (Wildman–Crippen LogP) is 3.24. The van der Waals surface area contributed by atoms with Gasteiger partial charge in [0.15, 0.2) is 11.5 Å². The van der Waals surface area contributed by atoms with Crippen LogP contribution in [0.3, 0.4) is 0 Å². The van der Waals surface area contributed by atoms with Crippen LogP contribution in [0.15, 0.2) is 36.4 Å². The fraction of sp³-hybridized carbons (Fsp3) is 0.316. The number of aromatic carboxylic acids is 1. The summed E-state index contributed by atoms with van der Waals surface area (Å²) in [6.07, 6.45) is 0.946. The van der Waals surface area contributed by atoms with Gasteiger partial charge >= 0.3 is 5.97 Å². The highest BCUT2D eigenvalue weighted by atomic mass is 16.5. The first-order valence-corrected chi connectivity index (χ1v) is 7.96. The fourth-order valence-corrected chi connectivity index (χ4v) is 2.81. The van der Waals surface area contributed by atoms with E-state index in [9.17, 15) is 9.90 Å². The molecule has 2 aromatic rings. The lowest BCUT2D eigenvalue weighted by Gasteiger charge is -2.14. The van der Waals surface area contributed by atoms with Gasteiger partial charge in [0.25, 0.3) is 0 Å². The third-order valence-electron chi connectivity index (χ3n) is 4.11. The number of carboxylic acids is 1. The molecule has 0 spiro atoms. The number of methoxy groups -OCH3 is 2. The minimum Gasteiger partial charge on any atom is -0.493 e. The van der Waals surface area contributed by atoms with Crippen LogP contribution < -0.4 is 14.2 Å². The first-order valence-electron chi connectivity index (χ1n) is 7.96. The summed E-state index contributed by atoms with van der Waals surface area (Å²) in [4.78, 5) is 11.6. The Kier molecular flexibility index (Phi) is 5.09. The Morgan fingerprint density at radius 2 is 1.80 bits per heavy atom. The number of benzene rings is 2. The monoisotopic (exact) mass is 344 g/mol. The van der Waals surface area contributed by atoms with Crippen LogP contribution in [0, 0.1) is 0 Å². The molecule has 1 fully saturated rings. The van der Waals surface area contributed by atoms with E-state index in [1.165, 1.54) is 20.3 Å². The molecule has 1 atom stereocenters. The van der Waals surface area contributed by atoms with E-state index < -0.39 is 5.97 Å². The molecule has 0 bridgehead atoms. The summed E-state index contributed by atoms with van der Waals surface area (Å²) >= 11 is 0. The molecule has 1 saturated heterocycles. The Hall–Kier alpha value is -2.73. The fourth-order valence-electron chi connectivity index (χ4n) is 2.81. The summed E-state index contributed by atoms with van der Waals surface area (Å²) < 4.78 is 21.6. The second-order valence-corrected chi connectivity index (χ2v) is 5.69. The summed E-state index contributed by atoms with van der Waals surface area (Å²) in [5.74, 6) is 0.562. The number of rotatable bonds is 6. The number of carbonyl (C=O) groups is 1. The summed E-state index contributed by atoms with van der Waals surface area (Å²) in [5, 5.41) is 9.52. The predicted molar refractivity (Wildman–Crippen MR) is 91.8 cm³/mol. The lowest BCUT2D eigenvalue weighted by atomic mass is 9.98. The van der Waals surface area contributed by atoms with E-state index in [0.717, 1.165) is 24.3 Å². The number of hydrogen-bond donors (Lipinski definition) is 1. The summed E-state index contributed by atoms with van der Waals surface area (Å²) in [7, 11) is 2.99. The van der Waals surface area contributed by atoms with Crippen molar-refractivity contribution < 1.29 is 28.8 Å². The maximum atomic E-state index is 11.6. The van der Waals surface area contributed by atoms with Crippen molar-refractivity contribution >= 4 is 5.97 Å². The third kappa shape index (κ3) is 3.69. The Labute approximate surface area is 145 Å². The summed E-state index contributed by atoms with van der Waals surface area (Å²) in [6, 6.07) is 10.5. The van der Waals surface area contributed by atoms with Gasteiger partial charge in [0.1, 0.15) is 11.9 Å². The molecule has 25 heavy (non-hydrogen) atoms. The van der Waals surface area contributed by atoms with E-state index in [1.54, 1.807) is 6.07 Å². The van der Waals surface area contributed by atoms with Crippen molar-refractivity contribution in [2.45, 2.75) is 12.5 Å². The van der Waals surface area contributed by atoms with Gasteiger partial charge in [-0.05, 0) is 29.8 Å². The molecule has 0 saturated carbocycles. The van der Waals surface area contributed by atoms with E-state index in [0.29, 0.717) is 23.7 Å². The lowest BCUT2D eigenvalue weighted by molar-refractivity contribution is 0.0697. The molecule has 6 nitrogen and oxygen atoms in total. The standard InChI is InChI=1S/C19H20O6/c1-22-17-9-15(16(19(20)21)10-18(17)23-2)12-3-5-13(6-4-12)25-14-7-8-24-11-14/h3-6,9-10,14H,7-8,11H2,1-2H3,(H,20,21). The minimum atomic E-state index is -1.03. The highest BCUT2D eigenvalue weighted by Gasteiger charge is 2.19. The molecule has 1 aliphatic heterocycles. The third-order valence-corrected chi connectivity index (χ3v) is 4.11. The maximum Gasteiger partial charge on any atom is 0.336 e. The van der Waals surface area contributed by atoms with Gasteiger partial charge in [0, 0.05) is 12.0 Å². The van der Waals surface area contributed by atoms with Crippen LogP contribution in [0.5, 0.6) is 17.2 Å². The molecule has 2 aromatic carbocycles. The zero-order valence-electron chi connectivity index (χ0n) is 14.2. The Morgan fingerprint density at radius 3 is 2.36 bits per heavy atom. The van der Waals surface area contributed by atoms with Crippen LogP contribution in [0.2, 0.25) is 0 Å². The smallest absolute Gasteiger partial charge is 0.336 e. The quantitative estimate of drug-likeness (QED) is 0.867. The van der Waals surface area contributed by atoms with Gasteiger partial charge in [-0.3, -0.25) is 0 Å². The minimum absolute atomic E-state index is 0.0708. The van der Waals surface area contributed by atoms with Gasteiger partial charge in [-0.15, -0.1) is 0 Å². The highest BCUT2D eigenvalue weighted by Crippen LogP contribution is 2.36. The van der Waals surface area contributed by atoms with Crippen molar-refractivity contribution in [2.75, 3.05) is 27.4 Å². The van der Waals surface area contributed by atoms with Gasteiger partial charge in [-0.2, -0.15) is 0 Å². The summed E-state index contributed by atoms with van der Waals surface area (Å²) in [5.41, 5.74) is 1.46. The molecular weight excluding hydrogens is 324 g/mol. The van der Waals surface area contributed by atoms with E-state index >= 15 is 0 Å². The van der Waals surface area contributed by atoms with Crippen molar-refractivity contribution in [1.82, 2.24) is 0 Å². The maximum absolute atomic E-state index is 11.6. The van der Waals surface area contributed by atoms with Crippen molar-refractivity contribution in [3.63, 3.8) is 0 Å². The molecule has 0 amide bonds. The van der Waals surface area contributed by atoms with Gasteiger partial charge < -0.3 is 24.1 Å².